The van der Waals surface area contributed by atoms with E-state index in [-0.39, 0.29) is 6.61 Å². The van der Waals surface area contributed by atoms with Gasteiger partial charge in [0, 0.05) is 17.9 Å². The molecule has 0 aliphatic rings. The molecule has 2 aromatic rings. The van der Waals surface area contributed by atoms with Crippen LogP contribution in [-0.4, -0.2) is 31.0 Å². The maximum Gasteiger partial charge on any atom is 0.161 e. The lowest BCUT2D eigenvalue weighted by atomic mass is 9.96. The van der Waals surface area contributed by atoms with E-state index in [1.807, 2.05) is 12.1 Å². The molecule has 0 radical (unpaired) electrons. The Morgan fingerprint density at radius 1 is 1.09 bits per heavy atom. The summed E-state index contributed by atoms with van der Waals surface area (Å²) in [5, 5.41) is 19.7. The molecule has 1 atom stereocenters. The van der Waals surface area contributed by atoms with E-state index >= 15 is 0 Å². The first kappa shape index (κ1) is 16.1. The molecular weight excluding hydrogens is 282 g/mol. The predicted molar refractivity (Wildman–Crippen MR) is 85.3 cm³/mol. The van der Waals surface area contributed by atoms with Gasteiger partial charge >= 0.3 is 0 Å². The van der Waals surface area contributed by atoms with Crippen LogP contribution in [0.1, 0.15) is 22.8 Å². The normalized spacial score (nSPS) is 12.0. The highest BCUT2D eigenvalue weighted by Crippen LogP contribution is 2.34. The van der Waals surface area contributed by atoms with E-state index in [1.165, 1.54) is 0 Å². The average Bonchev–Trinajstić information content (AvgIpc) is 2.55. The molecule has 0 aromatic heterocycles. The molecule has 118 valence electrons. The van der Waals surface area contributed by atoms with Crippen LogP contribution in [0.4, 0.5) is 5.69 Å². The SMILES string of the molecule is COc1ccc(C(O)c2cccc(CCO)c2N)cc1OC. The number of aliphatic hydroxyl groups excluding tert-OH is 2. The number of hydrogen-bond donors (Lipinski definition) is 3. The summed E-state index contributed by atoms with van der Waals surface area (Å²) in [7, 11) is 3.11. The first-order chi connectivity index (χ1) is 10.6. The van der Waals surface area contributed by atoms with Crippen LogP contribution >= 0.6 is 0 Å². The summed E-state index contributed by atoms with van der Waals surface area (Å²) in [4.78, 5) is 0. The Balaban J connectivity index is 2.39. The number of aliphatic hydroxyl groups is 2. The minimum absolute atomic E-state index is 0.0140. The van der Waals surface area contributed by atoms with Gasteiger partial charge in [-0.1, -0.05) is 24.3 Å². The summed E-state index contributed by atoms with van der Waals surface area (Å²) in [5.74, 6) is 1.14. The van der Waals surface area contributed by atoms with Gasteiger partial charge in [0.2, 0.25) is 0 Å². The Kier molecular flexibility index (Phi) is 5.25. The predicted octanol–water partition coefficient (Wildman–Crippen LogP) is 1.90. The average molecular weight is 303 g/mol. The van der Waals surface area contributed by atoms with Gasteiger partial charge in [-0.3, -0.25) is 0 Å². The molecule has 2 rings (SSSR count). The highest BCUT2D eigenvalue weighted by Gasteiger charge is 2.17. The van der Waals surface area contributed by atoms with E-state index in [0.29, 0.717) is 34.7 Å². The smallest absolute Gasteiger partial charge is 0.161 e. The third-order valence-electron chi connectivity index (χ3n) is 3.63. The first-order valence-corrected chi connectivity index (χ1v) is 7.00. The van der Waals surface area contributed by atoms with Crippen LogP contribution in [0.25, 0.3) is 0 Å². The van der Waals surface area contributed by atoms with Crippen LogP contribution in [0.15, 0.2) is 36.4 Å². The minimum atomic E-state index is -0.876. The van der Waals surface area contributed by atoms with E-state index in [4.69, 9.17) is 20.3 Å². The molecule has 0 fully saturated rings. The quantitative estimate of drug-likeness (QED) is 0.710. The van der Waals surface area contributed by atoms with E-state index < -0.39 is 6.10 Å². The van der Waals surface area contributed by atoms with Gasteiger partial charge in [0.1, 0.15) is 6.10 Å². The molecule has 4 N–H and O–H groups in total. The Hall–Kier alpha value is -2.24. The number of benzene rings is 2. The van der Waals surface area contributed by atoms with Crippen molar-refractivity contribution in [2.24, 2.45) is 0 Å². The number of anilines is 1. The van der Waals surface area contributed by atoms with Crippen molar-refractivity contribution in [3.05, 3.63) is 53.1 Å². The summed E-state index contributed by atoms with van der Waals surface area (Å²) < 4.78 is 10.4. The van der Waals surface area contributed by atoms with Crippen molar-refractivity contribution in [3.63, 3.8) is 0 Å². The molecule has 0 aliphatic heterocycles. The number of para-hydroxylation sites is 1. The van der Waals surface area contributed by atoms with Gasteiger partial charge in [-0.25, -0.2) is 0 Å². The first-order valence-electron chi connectivity index (χ1n) is 7.00. The maximum absolute atomic E-state index is 10.6. The molecule has 5 nitrogen and oxygen atoms in total. The van der Waals surface area contributed by atoms with E-state index in [2.05, 4.69) is 0 Å². The van der Waals surface area contributed by atoms with Crippen molar-refractivity contribution in [3.8, 4) is 11.5 Å². The molecule has 2 aromatic carbocycles. The largest absolute Gasteiger partial charge is 0.493 e. The van der Waals surface area contributed by atoms with Gasteiger partial charge in [-0.2, -0.15) is 0 Å². The van der Waals surface area contributed by atoms with Crippen LogP contribution in [0.3, 0.4) is 0 Å². The molecule has 0 saturated heterocycles. The molecule has 0 aliphatic carbocycles. The van der Waals surface area contributed by atoms with E-state index in [9.17, 15) is 5.11 Å². The maximum atomic E-state index is 10.6. The van der Waals surface area contributed by atoms with Crippen LogP contribution in [0.5, 0.6) is 11.5 Å². The Morgan fingerprint density at radius 2 is 1.82 bits per heavy atom. The topological polar surface area (TPSA) is 84.9 Å². The molecule has 0 bridgehead atoms. The molecule has 1 unspecified atom stereocenters. The highest BCUT2D eigenvalue weighted by molar-refractivity contribution is 5.57. The summed E-state index contributed by atoms with van der Waals surface area (Å²) >= 11 is 0. The summed E-state index contributed by atoms with van der Waals surface area (Å²) in [6, 6.07) is 10.7. The molecule has 0 heterocycles. The zero-order valence-corrected chi connectivity index (χ0v) is 12.7. The molecule has 22 heavy (non-hydrogen) atoms. The zero-order chi connectivity index (χ0) is 16.1. The van der Waals surface area contributed by atoms with Crippen LogP contribution in [0.2, 0.25) is 0 Å². The van der Waals surface area contributed by atoms with Crippen molar-refractivity contribution in [1.82, 2.24) is 0 Å². The number of hydrogen-bond acceptors (Lipinski definition) is 5. The lowest BCUT2D eigenvalue weighted by Gasteiger charge is -2.18. The molecule has 0 saturated carbocycles. The second-order valence-corrected chi connectivity index (χ2v) is 4.91. The third kappa shape index (κ3) is 3.16. The van der Waals surface area contributed by atoms with Crippen molar-refractivity contribution in [1.29, 1.82) is 0 Å². The summed E-state index contributed by atoms with van der Waals surface area (Å²) in [6.45, 7) is 0.0140. The van der Waals surface area contributed by atoms with Gasteiger partial charge in [0.25, 0.3) is 0 Å². The standard InChI is InChI=1S/C17H21NO4/c1-21-14-7-6-12(10-15(14)22-2)17(20)13-5-3-4-11(8-9-19)16(13)18/h3-7,10,17,19-20H,8-9,18H2,1-2H3. The van der Waals surface area contributed by atoms with E-state index in [0.717, 1.165) is 5.56 Å². The van der Waals surface area contributed by atoms with Gasteiger partial charge in [0.05, 0.1) is 14.2 Å². The van der Waals surface area contributed by atoms with Crippen molar-refractivity contribution in [2.45, 2.75) is 12.5 Å². The zero-order valence-electron chi connectivity index (χ0n) is 12.7. The second kappa shape index (κ2) is 7.15. The number of rotatable bonds is 6. The number of nitrogens with two attached hydrogens (primary N) is 1. The minimum Gasteiger partial charge on any atom is -0.493 e. The number of nitrogen functional groups attached to an aromatic ring is 1. The Morgan fingerprint density at radius 3 is 2.45 bits per heavy atom. The highest BCUT2D eigenvalue weighted by atomic mass is 16.5. The van der Waals surface area contributed by atoms with Gasteiger partial charge in [-0.05, 0) is 29.7 Å². The summed E-state index contributed by atoms with van der Waals surface area (Å²) in [6.07, 6.45) is -0.420. The summed E-state index contributed by atoms with van der Waals surface area (Å²) in [5.41, 5.74) is 8.69. The molecule has 0 amide bonds. The molecule has 5 heteroatoms. The lowest BCUT2D eigenvalue weighted by Crippen LogP contribution is -2.07. The van der Waals surface area contributed by atoms with Crippen molar-refractivity contribution in [2.75, 3.05) is 26.6 Å². The van der Waals surface area contributed by atoms with Gasteiger partial charge < -0.3 is 25.4 Å². The van der Waals surface area contributed by atoms with Crippen LogP contribution in [0, 0.1) is 0 Å². The van der Waals surface area contributed by atoms with E-state index in [1.54, 1.807) is 38.5 Å². The third-order valence-corrected chi connectivity index (χ3v) is 3.63. The van der Waals surface area contributed by atoms with Crippen molar-refractivity contribution < 1.29 is 19.7 Å². The second-order valence-electron chi connectivity index (χ2n) is 4.91. The van der Waals surface area contributed by atoms with Crippen molar-refractivity contribution >= 4 is 5.69 Å². The monoisotopic (exact) mass is 303 g/mol. The fraction of sp³-hybridized carbons (Fsp3) is 0.294. The fourth-order valence-corrected chi connectivity index (χ4v) is 2.41. The Bertz CT molecular complexity index is 643. The fourth-order valence-electron chi connectivity index (χ4n) is 2.41. The van der Waals surface area contributed by atoms with Crippen LogP contribution in [-0.2, 0) is 6.42 Å². The van der Waals surface area contributed by atoms with Gasteiger partial charge in [0.15, 0.2) is 11.5 Å². The number of methoxy groups -OCH3 is 2. The molecule has 0 spiro atoms. The van der Waals surface area contributed by atoms with Crippen LogP contribution < -0.4 is 15.2 Å². The Labute approximate surface area is 129 Å². The number of ether oxygens (including phenoxy) is 2. The molecular formula is C17H21NO4. The van der Waals surface area contributed by atoms with Gasteiger partial charge in [-0.15, -0.1) is 0 Å². The lowest BCUT2D eigenvalue weighted by molar-refractivity contribution is 0.220.